The lowest BCUT2D eigenvalue weighted by Crippen LogP contribution is -2.36. The molecule has 1 atom stereocenters. The molecule has 1 aliphatic heterocycles. The molecule has 1 spiro atoms. The van der Waals surface area contributed by atoms with Crippen LogP contribution in [0.15, 0.2) is 24.3 Å². The van der Waals surface area contributed by atoms with Gasteiger partial charge < -0.3 is 5.32 Å². The summed E-state index contributed by atoms with van der Waals surface area (Å²) in [6.45, 7) is 0. The molecule has 0 radical (unpaired) electrons. The topological polar surface area (TPSA) is 29.1 Å². The highest BCUT2D eigenvalue weighted by Crippen LogP contribution is 2.63. The second-order valence-corrected chi connectivity index (χ2v) is 5.21. The number of carbonyl (C=O) groups excluding carboxylic acids is 1. The lowest BCUT2D eigenvalue weighted by atomic mass is 9.72. The van der Waals surface area contributed by atoms with Gasteiger partial charge >= 0.3 is 0 Å². The van der Waals surface area contributed by atoms with Crippen molar-refractivity contribution in [3.8, 4) is 0 Å². The van der Waals surface area contributed by atoms with Crippen LogP contribution in [0.2, 0.25) is 0 Å². The summed E-state index contributed by atoms with van der Waals surface area (Å²) < 4.78 is 0. The van der Waals surface area contributed by atoms with Gasteiger partial charge in [-0.1, -0.05) is 18.2 Å². The molecule has 1 N–H and O–H groups in total. The average Bonchev–Trinajstić information content (AvgIpc) is 2.80. The summed E-state index contributed by atoms with van der Waals surface area (Å²) in [5, 5.41) is 3.05. The number of anilines is 1. The van der Waals surface area contributed by atoms with E-state index in [-0.39, 0.29) is 11.3 Å². The Kier molecular flexibility index (Phi) is 1.19. The van der Waals surface area contributed by atoms with Gasteiger partial charge in [0.2, 0.25) is 5.91 Å². The van der Waals surface area contributed by atoms with Gasteiger partial charge in [0, 0.05) is 5.69 Å². The van der Waals surface area contributed by atoms with Gasteiger partial charge in [0.25, 0.3) is 0 Å². The van der Waals surface area contributed by atoms with Crippen molar-refractivity contribution in [2.24, 2.45) is 11.8 Å². The molecule has 4 aliphatic rings. The van der Waals surface area contributed by atoms with Crippen molar-refractivity contribution in [1.29, 1.82) is 0 Å². The Morgan fingerprint density at radius 2 is 2.07 bits per heavy atom. The lowest BCUT2D eigenvalue weighted by molar-refractivity contribution is -0.121. The number of amides is 1. The fourth-order valence-electron chi connectivity index (χ4n) is 3.87. The maximum atomic E-state index is 12.2. The largest absolute Gasteiger partial charge is 0.325 e. The van der Waals surface area contributed by atoms with Gasteiger partial charge in [0.1, 0.15) is 0 Å². The van der Waals surface area contributed by atoms with E-state index in [0.717, 1.165) is 18.0 Å². The Balaban J connectivity index is 1.96. The molecular formula is C13H13NO. The molecule has 15 heavy (non-hydrogen) atoms. The standard InChI is InChI=1S/C13H13NO/c15-12-13(7-8-5-9(13)6-8)10-3-1-2-4-11(10)14-12/h1-4,8-9H,5-7H2,(H,14,15). The van der Waals surface area contributed by atoms with E-state index in [2.05, 4.69) is 17.4 Å². The zero-order valence-corrected chi connectivity index (χ0v) is 8.49. The molecular weight excluding hydrogens is 186 g/mol. The van der Waals surface area contributed by atoms with Gasteiger partial charge in [-0.05, 0) is 42.7 Å². The second kappa shape index (κ2) is 2.26. The molecule has 2 bridgehead atoms. The van der Waals surface area contributed by atoms with Gasteiger partial charge in [-0.3, -0.25) is 4.79 Å². The van der Waals surface area contributed by atoms with Crippen molar-refractivity contribution in [2.45, 2.75) is 24.7 Å². The first-order valence-electron chi connectivity index (χ1n) is 5.71. The highest BCUT2D eigenvalue weighted by molar-refractivity contribution is 6.07. The Bertz CT molecular complexity index is 461. The Morgan fingerprint density at radius 1 is 1.27 bits per heavy atom. The monoisotopic (exact) mass is 199 g/mol. The molecule has 76 valence electrons. The molecule has 1 aromatic carbocycles. The quantitative estimate of drug-likeness (QED) is 0.682. The molecule has 1 unspecified atom stereocenters. The highest BCUT2D eigenvalue weighted by Gasteiger charge is 2.62. The molecule has 0 saturated heterocycles. The van der Waals surface area contributed by atoms with Crippen LogP contribution in [0.4, 0.5) is 5.69 Å². The van der Waals surface area contributed by atoms with Crippen LogP contribution in [0.1, 0.15) is 24.8 Å². The lowest BCUT2D eigenvalue weighted by Gasteiger charge is -2.30. The minimum Gasteiger partial charge on any atom is -0.325 e. The summed E-state index contributed by atoms with van der Waals surface area (Å²) in [4.78, 5) is 12.2. The van der Waals surface area contributed by atoms with Crippen LogP contribution in [0.5, 0.6) is 0 Å². The van der Waals surface area contributed by atoms with E-state index in [1.54, 1.807) is 0 Å². The average molecular weight is 199 g/mol. The molecule has 1 amide bonds. The van der Waals surface area contributed by atoms with Crippen molar-refractivity contribution in [3.63, 3.8) is 0 Å². The summed E-state index contributed by atoms with van der Waals surface area (Å²) in [7, 11) is 0. The third kappa shape index (κ3) is 0.726. The number of para-hydroxylation sites is 1. The number of hydrogen-bond acceptors (Lipinski definition) is 1. The molecule has 3 aliphatic carbocycles. The Hall–Kier alpha value is -1.31. The van der Waals surface area contributed by atoms with Crippen molar-refractivity contribution in [1.82, 2.24) is 0 Å². The Labute approximate surface area is 88.7 Å². The first-order chi connectivity index (χ1) is 7.30. The summed E-state index contributed by atoms with van der Waals surface area (Å²) in [5.74, 6) is 1.69. The van der Waals surface area contributed by atoms with Gasteiger partial charge in [-0.2, -0.15) is 0 Å². The third-order valence-corrected chi connectivity index (χ3v) is 4.60. The zero-order valence-electron chi connectivity index (χ0n) is 8.49. The number of fused-ring (bicyclic) bond motifs is 1. The number of carbonyl (C=O) groups is 1. The van der Waals surface area contributed by atoms with Crippen LogP contribution < -0.4 is 5.32 Å². The Morgan fingerprint density at radius 3 is 2.80 bits per heavy atom. The normalized spacial score (nSPS) is 40.1. The summed E-state index contributed by atoms with van der Waals surface area (Å²) in [6.07, 6.45) is 3.62. The summed E-state index contributed by atoms with van der Waals surface area (Å²) in [6, 6.07) is 8.21. The first kappa shape index (κ1) is 7.91. The van der Waals surface area contributed by atoms with Crippen molar-refractivity contribution in [3.05, 3.63) is 29.8 Å². The molecule has 3 saturated carbocycles. The predicted octanol–water partition coefficient (Wildman–Crippen LogP) is 2.31. The number of benzene rings is 1. The van der Waals surface area contributed by atoms with Gasteiger partial charge in [0.15, 0.2) is 0 Å². The van der Waals surface area contributed by atoms with E-state index in [1.807, 2.05) is 12.1 Å². The fourth-order valence-corrected chi connectivity index (χ4v) is 3.87. The summed E-state index contributed by atoms with van der Waals surface area (Å²) >= 11 is 0. The number of nitrogens with one attached hydrogen (secondary N) is 1. The maximum Gasteiger partial charge on any atom is 0.235 e. The minimum atomic E-state index is -0.138. The van der Waals surface area contributed by atoms with Crippen LogP contribution in [-0.4, -0.2) is 5.91 Å². The van der Waals surface area contributed by atoms with Gasteiger partial charge in [0.05, 0.1) is 5.41 Å². The van der Waals surface area contributed by atoms with Crippen molar-refractivity contribution >= 4 is 11.6 Å². The molecule has 1 aromatic rings. The van der Waals surface area contributed by atoms with E-state index in [0.29, 0.717) is 5.92 Å². The van der Waals surface area contributed by atoms with E-state index in [9.17, 15) is 4.79 Å². The molecule has 5 rings (SSSR count). The first-order valence-corrected chi connectivity index (χ1v) is 5.71. The number of rotatable bonds is 0. The van der Waals surface area contributed by atoms with E-state index in [4.69, 9.17) is 0 Å². The summed E-state index contributed by atoms with van der Waals surface area (Å²) in [5.41, 5.74) is 2.18. The van der Waals surface area contributed by atoms with E-state index < -0.39 is 0 Å². The number of hydrogen-bond donors (Lipinski definition) is 1. The van der Waals surface area contributed by atoms with Crippen LogP contribution in [0, 0.1) is 11.8 Å². The maximum absolute atomic E-state index is 12.2. The minimum absolute atomic E-state index is 0.138. The zero-order chi connectivity index (χ0) is 10.0. The third-order valence-electron chi connectivity index (χ3n) is 4.60. The molecule has 2 nitrogen and oxygen atoms in total. The van der Waals surface area contributed by atoms with Gasteiger partial charge in [-0.25, -0.2) is 0 Å². The van der Waals surface area contributed by atoms with E-state index >= 15 is 0 Å². The van der Waals surface area contributed by atoms with E-state index in [1.165, 1.54) is 18.4 Å². The van der Waals surface area contributed by atoms with Crippen LogP contribution in [-0.2, 0) is 10.2 Å². The second-order valence-electron chi connectivity index (χ2n) is 5.21. The van der Waals surface area contributed by atoms with Crippen LogP contribution in [0.3, 0.4) is 0 Å². The van der Waals surface area contributed by atoms with Crippen LogP contribution >= 0.6 is 0 Å². The van der Waals surface area contributed by atoms with Crippen molar-refractivity contribution in [2.75, 3.05) is 5.32 Å². The molecule has 3 fully saturated rings. The SMILES string of the molecule is O=C1Nc2ccccc2C12CC1CC2C1. The fraction of sp³-hybridized carbons (Fsp3) is 0.462. The van der Waals surface area contributed by atoms with Gasteiger partial charge in [-0.15, -0.1) is 0 Å². The smallest absolute Gasteiger partial charge is 0.235 e. The molecule has 1 heterocycles. The predicted molar refractivity (Wildman–Crippen MR) is 57.6 cm³/mol. The van der Waals surface area contributed by atoms with Crippen molar-refractivity contribution < 1.29 is 4.79 Å². The highest BCUT2D eigenvalue weighted by atomic mass is 16.2. The molecule has 2 heteroatoms. The van der Waals surface area contributed by atoms with Crippen LogP contribution in [0.25, 0.3) is 0 Å². The molecule has 0 aromatic heterocycles.